The summed E-state index contributed by atoms with van der Waals surface area (Å²) in [6.07, 6.45) is 4.65. The highest BCUT2D eigenvalue weighted by Crippen LogP contribution is 2.11. The van der Waals surface area contributed by atoms with E-state index in [1.165, 1.54) is 18.4 Å². The van der Waals surface area contributed by atoms with E-state index in [4.69, 9.17) is 4.74 Å². The second-order valence-electron chi connectivity index (χ2n) is 4.01. The van der Waals surface area contributed by atoms with Crippen LogP contribution in [0.3, 0.4) is 0 Å². The highest BCUT2D eigenvalue weighted by Gasteiger charge is 2.14. The topological polar surface area (TPSA) is 34.2 Å². The summed E-state index contributed by atoms with van der Waals surface area (Å²) >= 11 is 0. The van der Waals surface area contributed by atoms with Crippen LogP contribution in [0.5, 0.6) is 0 Å². The summed E-state index contributed by atoms with van der Waals surface area (Å²) in [5.74, 6) is 0. The van der Waals surface area contributed by atoms with Gasteiger partial charge < -0.3 is 10.1 Å². The normalized spacial score (nSPS) is 20.7. The fourth-order valence-electron chi connectivity index (χ4n) is 1.88. The summed E-state index contributed by atoms with van der Waals surface area (Å²) in [6, 6.07) is 4.10. The Bertz CT molecular complexity index is 308. The highest BCUT2D eigenvalue weighted by molar-refractivity contribution is 5.17. The molecule has 0 spiro atoms. The van der Waals surface area contributed by atoms with E-state index in [0.29, 0.717) is 6.10 Å². The fraction of sp³-hybridized carbons (Fsp3) is 0.583. The molecule has 2 rings (SSSR count). The maximum atomic E-state index is 5.54. The molecule has 1 saturated heterocycles. The average molecular weight is 206 g/mol. The van der Waals surface area contributed by atoms with Gasteiger partial charge in [-0.3, -0.25) is 4.98 Å². The fourth-order valence-corrected chi connectivity index (χ4v) is 1.88. The van der Waals surface area contributed by atoms with Crippen molar-refractivity contribution >= 4 is 0 Å². The Balaban J connectivity index is 1.75. The van der Waals surface area contributed by atoms with Crippen LogP contribution in [0.1, 0.15) is 24.1 Å². The molecule has 0 aromatic carbocycles. The number of pyridine rings is 1. The quantitative estimate of drug-likeness (QED) is 0.813. The van der Waals surface area contributed by atoms with Gasteiger partial charge in [0.15, 0.2) is 0 Å². The minimum Gasteiger partial charge on any atom is -0.377 e. The van der Waals surface area contributed by atoms with Crippen molar-refractivity contribution in [1.29, 1.82) is 0 Å². The maximum absolute atomic E-state index is 5.54. The van der Waals surface area contributed by atoms with Gasteiger partial charge in [-0.15, -0.1) is 0 Å². The minimum absolute atomic E-state index is 0.418. The molecule has 15 heavy (non-hydrogen) atoms. The molecule has 0 radical (unpaired) electrons. The van der Waals surface area contributed by atoms with E-state index in [0.717, 1.165) is 25.4 Å². The van der Waals surface area contributed by atoms with E-state index in [2.05, 4.69) is 16.4 Å². The first-order chi connectivity index (χ1) is 7.36. The number of nitrogens with zero attached hydrogens (tertiary/aromatic N) is 1. The molecule has 1 atom stereocenters. The number of aromatic nitrogens is 1. The Kier molecular flexibility index (Phi) is 3.69. The second-order valence-corrected chi connectivity index (χ2v) is 4.01. The molecule has 0 amide bonds. The number of nitrogens with one attached hydrogen (secondary N) is 1. The lowest BCUT2D eigenvalue weighted by Gasteiger charge is -2.11. The van der Waals surface area contributed by atoms with Gasteiger partial charge in [-0.05, 0) is 31.4 Å². The first-order valence-electron chi connectivity index (χ1n) is 5.59. The third kappa shape index (κ3) is 3.01. The van der Waals surface area contributed by atoms with Gasteiger partial charge in [-0.2, -0.15) is 0 Å². The summed E-state index contributed by atoms with van der Waals surface area (Å²) in [7, 11) is 0. The standard InChI is InChI=1S/C12H18N2O/c1-10-11(4-2-6-14-10)8-13-9-12-5-3-7-15-12/h2,4,6,12-13H,3,5,7-9H2,1H3. The van der Waals surface area contributed by atoms with Crippen molar-refractivity contribution in [3.8, 4) is 0 Å². The molecule has 3 nitrogen and oxygen atoms in total. The van der Waals surface area contributed by atoms with Crippen LogP contribution in [-0.2, 0) is 11.3 Å². The Hall–Kier alpha value is -0.930. The van der Waals surface area contributed by atoms with Crippen LogP contribution in [-0.4, -0.2) is 24.2 Å². The molecule has 0 aliphatic carbocycles. The van der Waals surface area contributed by atoms with Crippen molar-refractivity contribution in [1.82, 2.24) is 10.3 Å². The first-order valence-corrected chi connectivity index (χ1v) is 5.59. The summed E-state index contributed by atoms with van der Waals surface area (Å²) in [5.41, 5.74) is 2.38. The van der Waals surface area contributed by atoms with Crippen molar-refractivity contribution in [2.45, 2.75) is 32.4 Å². The van der Waals surface area contributed by atoms with Gasteiger partial charge in [-0.25, -0.2) is 0 Å². The molecule has 1 aromatic rings. The van der Waals surface area contributed by atoms with Gasteiger partial charge in [0, 0.05) is 31.6 Å². The summed E-state index contributed by atoms with van der Waals surface area (Å²) in [5, 5.41) is 3.42. The molecule has 3 heteroatoms. The van der Waals surface area contributed by atoms with Crippen molar-refractivity contribution in [3.63, 3.8) is 0 Å². The number of aryl methyl sites for hydroxylation is 1. The SMILES string of the molecule is Cc1ncccc1CNCC1CCCO1. The number of hydrogen-bond acceptors (Lipinski definition) is 3. The largest absolute Gasteiger partial charge is 0.377 e. The molecular weight excluding hydrogens is 188 g/mol. The van der Waals surface area contributed by atoms with E-state index >= 15 is 0 Å². The number of ether oxygens (including phenoxy) is 1. The van der Waals surface area contributed by atoms with Crippen LogP contribution < -0.4 is 5.32 Å². The van der Waals surface area contributed by atoms with Crippen molar-refractivity contribution in [2.24, 2.45) is 0 Å². The van der Waals surface area contributed by atoms with E-state index in [1.54, 1.807) is 0 Å². The number of hydrogen-bond donors (Lipinski definition) is 1. The zero-order chi connectivity index (χ0) is 10.5. The summed E-state index contributed by atoms with van der Waals surface area (Å²) < 4.78 is 5.54. The van der Waals surface area contributed by atoms with E-state index in [9.17, 15) is 0 Å². The Morgan fingerprint density at radius 1 is 1.60 bits per heavy atom. The average Bonchev–Trinajstić information content (AvgIpc) is 2.74. The van der Waals surface area contributed by atoms with Gasteiger partial charge in [-0.1, -0.05) is 6.07 Å². The summed E-state index contributed by atoms with van der Waals surface area (Å²) in [4.78, 5) is 4.26. The lowest BCUT2D eigenvalue weighted by atomic mass is 10.2. The van der Waals surface area contributed by atoms with Gasteiger partial charge in [0.1, 0.15) is 0 Å². The molecule has 0 saturated carbocycles. The lowest BCUT2D eigenvalue weighted by molar-refractivity contribution is 0.110. The zero-order valence-corrected chi connectivity index (χ0v) is 9.20. The van der Waals surface area contributed by atoms with Crippen LogP contribution in [0.15, 0.2) is 18.3 Å². The van der Waals surface area contributed by atoms with Crippen LogP contribution in [0, 0.1) is 6.92 Å². The zero-order valence-electron chi connectivity index (χ0n) is 9.20. The van der Waals surface area contributed by atoms with Crippen molar-refractivity contribution in [2.75, 3.05) is 13.2 Å². The van der Waals surface area contributed by atoms with Gasteiger partial charge >= 0.3 is 0 Å². The van der Waals surface area contributed by atoms with Crippen LogP contribution in [0.2, 0.25) is 0 Å². The molecule has 1 aliphatic heterocycles. The molecule has 1 N–H and O–H groups in total. The highest BCUT2D eigenvalue weighted by atomic mass is 16.5. The smallest absolute Gasteiger partial charge is 0.0700 e. The molecule has 1 aromatic heterocycles. The van der Waals surface area contributed by atoms with E-state index in [-0.39, 0.29) is 0 Å². The Labute approximate surface area is 90.9 Å². The molecule has 2 heterocycles. The lowest BCUT2D eigenvalue weighted by Crippen LogP contribution is -2.26. The Morgan fingerprint density at radius 3 is 3.27 bits per heavy atom. The Morgan fingerprint density at radius 2 is 2.53 bits per heavy atom. The van der Waals surface area contributed by atoms with E-state index < -0.39 is 0 Å². The first kappa shape index (κ1) is 10.6. The predicted molar refractivity (Wildman–Crippen MR) is 59.7 cm³/mol. The van der Waals surface area contributed by atoms with Crippen LogP contribution >= 0.6 is 0 Å². The molecule has 82 valence electrons. The number of rotatable bonds is 4. The molecule has 1 unspecified atom stereocenters. The third-order valence-electron chi connectivity index (χ3n) is 2.83. The predicted octanol–water partition coefficient (Wildman–Crippen LogP) is 1.66. The van der Waals surface area contributed by atoms with Crippen LogP contribution in [0.4, 0.5) is 0 Å². The van der Waals surface area contributed by atoms with Crippen molar-refractivity contribution < 1.29 is 4.74 Å². The molecule has 1 fully saturated rings. The monoisotopic (exact) mass is 206 g/mol. The van der Waals surface area contributed by atoms with E-state index in [1.807, 2.05) is 19.2 Å². The van der Waals surface area contributed by atoms with Crippen molar-refractivity contribution in [3.05, 3.63) is 29.6 Å². The minimum atomic E-state index is 0.418. The third-order valence-corrected chi connectivity index (χ3v) is 2.83. The molecular formula is C12H18N2O. The maximum Gasteiger partial charge on any atom is 0.0700 e. The van der Waals surface area contributed by atoms with Gasteiger partial charge in [0.05, 0.1) is 6.10 Å². The second kappa shape index (κ2) is 5.24. The summed E-state index contributed by atoms with van der Waals surface area (Å²) in [6.45, 7) is 4.81. The van der Waals surface area contributed by atoms with Gasteiger partial charge in [0.25, 0.3) is 0 Å². The van der Waals surface area contributed by atoms with Gasteiger partial charge in [0.2, 0.25) is 0 Å². The molecule has 0 bridgehead atoms. The molecule has 1 aliphatic rings. The van der Waals surface area contributed by atoms with Crippen LogP contribution in [0.25, 0.3) is 0 Å².